The minimum Gasteiger partial charge on any atom is -0.481 e. The highest BCUT2D eigenvalue weighted by molar-refractivity contribution is 5.74. The van der Waals surface area contributed by atoms with Gasteiger partial charge in [-0.2, -0.15) is 0 Å². The van der Waals surface area contributed by atoms with Crippen LogP contribution in [-0.4, -0.2) is 34.7 Å². The monoisotopic (exact) mass is 319 g/mol. The van der Waals surface area contributed by atoms with Gasteiger partial charge in [-0.3, -0.25) is 9.78 Å². The van der Waals surface area contributed by atoms with Crippen LogP contribution in [-0.2, 0) is 11.2 Å². The molecule has 6 heteroatoms. The second kappa shape index (κ2) is 8.50. The smallest absolute Gasteiger partial charge is 0.315 e. The number of pyridine rings is 1. The molecule has 0 aliphatic heterocycles. The zero-order chi connectivity index (χ0) is 16.7. The van der Waals surface area contributed by atoms with E-state index >= 15 is 0 Å². The van der Waals surface area contributed by atoms with Crippen LogP contribution in [0.15, 0.2) is 18.3 Å². The van der Waals surface area contributed by atoms with E-state index in [1.54, 1.807) is 6.20 Å². The van der Waals surface area contributed by atoms with Crippen LogP contribution in [0.25, 0.3) is 0 Å². The molecule has 126 valence electrons. The van der Waals surface area contributed by atoms with Crippen LogP contribution in [0.2, 0.25) is 0 Å². The molecule has 23 heavy (non-hydrogen) atoms. The molecule has 0 spiro atoms. The lowest BCUT2D eigenvalue weighted by atomic mass is 9.86. The van der Waals surface area contributed by atoms with E-state index in [2.05, 4.69) is 15.6 Å². The standard InChI is InChI=1S/C17H25N3O3/c1-12-4-2-10-18-15(12)5-3-11-19-17(23)20-14-8-6-13(7-9-14)16(21)22/h2,4,10,13-14H,3,5-9,11H2,1H3,(H,21,22)(H2,19,20,23). The molecule has 0 saturated heterocycles. The molecule has 1 saturated carbocycles. The maximum atomic E-state index is 11.9. The highest BCUT2D eigenvalue weighted by Crippen LogP contribution is 2.24. The molecule has 0 radical (unpaired) electrons. The Morgan fingerprint density at radius 1 is 1.30 bits per heavy atom. The Morgan fingerprint density at radius 3 is 2.70 bits per heavy atom. The Kier molecular flexibility index (Phi) is 6.38. The van der Waals surface area contributed by atoms with E-state index in [1.807, 2.05) is 19.1 Å². The van der Waals surface area contributed by atoms with Gasteiger partial charge in [-0.05, 0) is 57.1 Å². The van der Waals surface area contributed by atoms with Crippen LogP contribution < -0.4 is 10.6 Å². The van der Waals surface area contributed by atoms with Crippen molar-refractivity contribution in [2.45, 2.75) is 51.5 Å². The molecular weight excluding hydrogens is 294 g/mol. The SMILES string of the molecule is Cc1cccnc1CCCNC(=O)NC1CCC(C(=O)O)CC1. The van der Waals surface area contributed by atoms with E-state index in [1.165, 1.54) is 5.56 Å². The maximum Gasteiger partial charge on any atom is 0.315 e. The first-order chi connectivity index (χ1) is 11.1. The topological polar surface area (TPSA) is 91.3 Å². The molecule has 0 aromatic carbocycles. The van der Waals surface area contributed by atoms with Crippen molar-refractivity contribution in [1.82, 2.24) is 15.6 Å². The second-order valence-electron chi connectivity index (χ2n) is 6.16. The number of carboxylic acids is 1. The van der Waals surface area contributed by atoms with Gasteiger partial charge in [0.1, 0.15) is 0 Å². The fourth-order valence-electron chi connectivity index (χ4n) is 2.96. The van der Waals surface area contributed by atoms with Gasteiger partial charge in [-0.25, -0.2) is 4.79 Å². The van der Waals surface area contributed by atoms with E-state index in [0.29, 0.717) is 19.4 Å². The summed E-state index contributed by atoms with van der Waals surface area (Å²) in [7, 11) is 0. The summed E-state index contributed by atoms with van der Waals surface area (Å²) in [5.41, 5.74) is 2.24. The molecule has 2 amide bonds. The summed E-state index contributed by atoms with van der Waals surface area (Å²) in [6.07, 6.45) is 6.22. The molecule has 2 rings (SSSR count). The van der Waals surface area contributed by atoms with Crippen molar-refractivity contribution < 1.29 is 14.7 Å². The van der Waals surface area contributed by atoms with Gasteiger partial charge in [0.25, 0.3) is 0 Å². The Hall–Kier alpha value is -2.11. The first-order valence-electron chi connectivity index (χ1n) is 8.24. The van der Waals surface area contributed by atoms with Crippen molar-refractivity contribution >= 4 is 12.0 Å². The van der Waals surface area contributed by atoms with Crippen molar-refractivity contribution in [2.75, 3.05) is 6.54 Å². The summed E-state index contributed by atoms with van der Waals surface area (Å²) in [6, 6.07) is 3.88. The summed E-state index contributed by atoms with van der Waals surface area (Å²) < 4.78 is 0. The molecule has 3 N–H and O–H groups in total. The number of hydrogen-bond acceptors (Lipinski definition) is 3. The van der Waals surface area contributed by atoms with Crippen molar-refractivity contribution in [1.29, 1.82) is 0 Å². The van der Waals surface area contributed by atoms with Crippen LogP contribution in [0.1, 0.15) is 43.4 Å². The Labute approximate surface area is 136 Å². The van der Waals surface area contributed by atoms with Gasteiger partial charge < -0.3 is 15.7 Å². The van der Waals surface area contributed by atoms with Gasteiger partial charge in [0, 0.05) is 24.5 Å². The number of nitrogens with zero attached hydrogens (tertiary/aromatic N) is 1. The Morgan fingerprint density at radius 2 is 2.04 bits per heavy atom. The molecule has 0 atom stereocenters. The lowest BCUT2D eigenvalue weighted by molar-refractivity contribution is -0.142. The number of aromatic nitrogens is 1. The van der Waals surface area contributed by atoms with E-state index in [9.17, 15) is 9.59 Å². The third-order valence-electron chi connectivity index (χ3n) is 4.41. The summed E-state index contributed by atoms with van der Waals surface area (Å²) in [4.78, 5) is 27.1. The van der Waals surface area contributed by atoms with E-state index in [-0.39, 0.29) is 18.0 Å². The molecule has 0 unspecified atom stereocenters. The molecule has 0 bridgehead atoms. The predicted molar refractivity (Wildman–Crippen MR) is 87.2 cm³/mol. The van der Waals surface area contributed by atoms with Crippen molar-refractivity contribution in [3.63, 3.8) is 0 Å². The normalized spacial score (nSPS) is 20.7. The number of aliphatic carboxylic acids is 1. The van der Waals surface area contributed by atoms with Gasteiger partial charge in [0.15, 0.2) is 0 Å². The van der Waals surface area contributed by atoms with E-state index in [4.69, 9.17) is 5.11 Å². The molecule has 1 fully saturated rings. The third-order valence-corrected chi connectivity index (χ3v) is 4.41. The van der Waals surface area contributed by atoms with E-state index < -0.39 is 5.97 Å². The summed E-state index contributed by atoms with van der Waals surface area (Å²) in [6.45, 7) is 2.64. The average molecular weight is 319 g/mol. The number of aryl methyl sites for hydroxylation is 2. The van der Waals surface area contributed by atoms with Gasteiger partial charge in [0.2, 0.25) is 0 Å². The number of carboxylic acid groups (broad SMARTS) is 1. The number of nitrogens with one attached hydrogen (secondary N) is 2. The molecular formula is C17H25N3O3. The van der Waals surface area contributed by atoms with Crippen LogP contribution in [0.5, 0.6) is 0 Å². The number of hydrogen-bond donors (Lipinski definition) is 3. The zero-order valence-corrected chi connectivity index (χ0v) is 13.5. The Bertz CT molecular complexity index is 540. The average Bonchev–Trinajstić information content (AvgIpc) is 2.53. The second-order valence-corrected chi connectivity index (χ2v) is 6.16. The minimum absolute atomic E-state index is 0.0867. The third kappa shape index (κ3) is 5.54. The zero-order valence-electron chi connectivity index (χ0n) is 13.5. The maximum absolute atomic E-state index is 11.9. The highest BCUT2D eigenvalue weighted by atomic mass is 16.4. The predicted octanol–water partition coefficient (Wildman–Crippen LogP) is 2.27. The molecule has 1 aliphatic rings. The van der Waals surface area contributed by atoms with Crippen molar-refractivity contribution in [3.05, 3.63) is 29.6 Å². The number of amides is 2. The first kappa shape index (κ1) is 17.2. The summed E-state index contributed by atoms with van der Waals surface area (Å²) >= 11 is 0. The quantitative estimate of drug-likeness (QED) is 0.701. The molecule has 1 aliphatic carbocycles. The van der Waals surface area contributed by atoms with Crippen molar-refractivity contribution in [3.8, 4) is 0 Å². The van der Waals surface area contributed by atoms with Crippen LogP contribution in [0.3, 0.4) is 0 Å². The summed E-state index contributed by atoms with van der Waals surface area (Å²) in [5, 5.41) is 14.7. The largest absolute Gasteiger partial charge is 0.481 e. The van der Waals surface area contributed by atoms with Gasteiger partial charge in [0.05, 0.1) is 5.92 Å². The van der Waals surface area contributed by atoms with Gasteiger partial charge in [-0.1, -0.05) is 6.07 Å². The molecule has 1 heterocycles. The fraction of sp³-hybridized carbons (Fsp3) is 0.588. The minimum atomic E-state index is -0.724. The lowest BCUT2D eigenvalue weighted by Gasteiger charge is -2.26. The lowest BCUT2D eigenvalue weighted by Crippen LogP contribution is -2.44. The highest BCUT2D eigenvalue weighted by Gasteiger charge is 2.26. The first-order valence-corrected chi connectivity index (χ1v) is 8.24. The fourth-order valence-corrected chi connectivity index (χ4v) is 2.96. The van der Waals surface area contributed by atoms with Crippen LogP contribution in [0, 0.1) is 12.8 Å². The molecule has 1 aromatic heterocycles. The Balaban J connectivity index is 1.61. The number of carbonyl (C=O) groups is 2. The van der Waals surface area contributed by atoms with Gasteiger partial charge in [-0.15, -0.1) is 0 Å². The number of carbonyl (C=O) groups excluding carboxylic acids is 1. The molecule has 6 nitrogen and oxygen atoms in total. The van der Waals surface area contributed by atoms with Crippen LogP contribution >= 0.6 is 0 Å². The molecule has 1 aromatic rings. The van der Waals surface area contributed by atoms with E-state index in [0.717, 1.165) is 31.4 Å². The van der Waals surface area contributed by atoms with Crippen LogP contribution in [0.4, 0.5) is 4.79 Å². The summed E-state index contributed by atoms with van der Waals surface area (Å²) in [5.74, 6) is -0.976. The van der Waals surface area contributed by atoms with Gasteiger partial charge >= 0.3 is 12.0 Å². The van der Waals surface area contributed by atoms with Crippen molar-refractivity contribution in [2.24, 2.45) is 5.92 Å². The number of rotatable bonds is 6. The number of urea groups is 1.